The molecule has 0 bridgehead atoms. The molecule has 5 heteroatoms. The zero-order valence-electron chi connectivity index (χ0n) is 12.0. The summed E-state index contributed by atoms with van der Waals surface area (Å²) in [6, 6.07) is 9.37. The highest BCUT2D eigenvalue weighted by Crippen LogP contribution is 2.23. The summed E-state index contributed by atoms with van der Waals surface area (Å²) in [6.07, 6.45) is 4.39. The molecular formula is C16H21NO4. The van der Waals surface area contributed by atoms with Crippen molar-refractivity contribution in [2.75, 3.05) is 6.54 Å². The van der Waals surface area contributed by atoms with Crippen LogP contribution >= 0.6 is 0 Å². The molecule has 0 radical (unpaired) electrons. The van der Waals surface area contributed by atoms with E-state index in [0.29, 0.717) is 0 Å². The van der Waals surface area contributed by atoms with Crippen LogP contribution in [0.25, 0.3) is 0 Å². The number of carbonyl (C=O) groups is 2. The maximum Gasteiger partial charge on any atom is 0.410 e. The highest BCUT2D eigenvalue weighted by atomic mass is 16.6. The second-order valence-electron chi connectivity index (χ2n) is 5.35. The summed E-state index contributed by atoms with van der Waals surface area (Å²) < 4.78 is 5.27. The minimum Gasteiger partial charge on any atom is -0.480 e. The van der Waals surface area contributed by atoms with E-state index in [-0.39, 0.29) is 19.2 Å². The Morgan fingerprint density at radius 1 is 1.14 bits per heavy atom. The lowest BCUT2D eigenvalue weighted by Gasteiger charge is -2.32. The first-order valence-electron chi connectivity index (χ1n) is 7.36. The lowest BCUT2D eigenvalue weighted by molar-refractivity contribution is -0.138. The number of carbonyl (C=O) groups excluding carboxylic acids is 1. The first-order chi connectivity index (χ1) is 10.2. The van der Waals surface area contributed by atoms with Gasteiger partial charge in [-0.2, -0.15) is 0 Å². The summed E-state index contributed by atoms with van der Waals surface area (Å²) in [5, 5.41) is 9.00. The Hall–Kier alpha value is -2.04. The Balaban J connectivity index is 1.94. The van der Waals surface area contributed by atoms with Gasteiger partial charge in [-0.05, 0) is 18.4 Å². The SMILES string of the molecule is O=C(O)CN(C(=O)OCc1ccccc1)C1CCCCC1. The first-order valence-corrected chi connectivity index (χ1v) is 7.36. The lowest BCUT2D eigenvalue weighted by Crippen LogP contribution is -2.44. The summed E-state index contributed by atoms with van der Waals surface area (Å²) in [4.78, 5) is 24.5. The van der Waals surface area contributed by atoms with E-state index in [1.807, 2.05) is 30.3 Å². The molecule has 2 rings (SSSR count). The quantitative estimate of drug-likeness (QED) is 0.905. The number of hydrogen-bond acceptors (Lipinski definition) is 3. The van der Waals surface area contributed by atoms with Gasteiger partial charge in [-0.3, -0.25) is 9.69 Å². The number of hydrogen-bond donors (Lipinski definition) is 1. The van der Waals surface area contributed by atoms with Crippen LogP contribution in [0.4, 0.5) is 4.79 Å². The molecule has 1 aliphatic carbocycles. The summed E-state index contributed by atoms with van der Waals surface area (Å²) in [5.74, 6) is -1.00. The highest BCUT2D eigenvalue weighted by Gasteiger charge is 2.28. The van der Waals surface area contributed by atoms with Crippen molar-refractivity contribution in [2.45, 2.75) is 44.8 Å². The standard InChI is InChI=1S/C16H21NO4/c18-15(19)11-17(14-9-5-2-6-10-14)16(20)21-12-13-7-3-1-4-8-13/h1,3-4,7-8,14H,2,5-6,9-12H2,(H,18,19). The minimum atomic E-state index is -1.00. The number of carboxylic acid groups (broad SMARTS) is 1. The number of benzene rings is 1. The van der Waals surface area contributed by atoms with Gasteiger partial charge < -0.3 is 9.84 Å². The summed E-state index contributed by atoms with van der Waals surface area (Å²) in [7, 11) is 0. The van der Waals surface area contributed by atoms with Crippen molar-refractivity contribution in [3.05, 3.63) is 35.9 Å². The lowest BCUT2D eigenvalue weighted by atomic mass is 9.94. The van der Waals surface area contributed by atoms with Crippen molar-refractivity contribution in [1.29, 1.82) is 0 Å². The number of rotatable bonds is 5. The van der Waals surface area contributed by atoms with Crippen LogP contribution in [-0.4, -0.2) is 34.7 Å². The normalized spacial score (nSPS) is 15.4. The van der Waals surface area contributed by atoms with E-state index in [1.165, 1.54) is 4.90 Å². The van der Waals surface area contributed by atoms with Crippen LogP contribution in [0.5, 0.6) is 0 Å². The summed E-state index contributed by atoms with van der Waals surface area (Å²) in [6.45, 7) is -0.124. The summed E-state index contributed by atoms with van der Waals surface area (Å²) in [5.41, 5.74) is 0.893. The molecule has 0 unspecified atom stereocenters. The van der Waals surface area contributed by atoms with Gasteiger partial charge in [0.2, 0.25) is 0 Å². The third-order valence-electron chi connectivity index (χ3n) is 3.76. The van der Waals surface area contributed by atoms with Gasteiger partial charge in [-0.25, -0.2) is 4.79 Å². The highest BCUT2D eigenvalue weighted by molar-refractivity contribution is 5.77. The zero-order valence-corrected chi connectivity index (χ0v) is 12.0. The molecule has 1 aromatic rings. The molecule has 1 amide bonds. The predicted molar refractivity (Wildman–Crippen MR) is 77.8 cm³/mol. The van der Waals surface area contributed by atoms with E-state index < -0.39 is 12.1 Å². The number of carboxylic acids is 1. The Kier molecular flexibility index (Phi) is 5.60. The maximum absolute atomic E-state index is 12.2. The molecule has 0 atom stereocenters. The Morgan fingerprint density at radius 2 is 1.81 bits per heavy atom. The van der Waals surface area contributed by atoms with Gasteiger partial charge >= 0.3 is 12.1 Å². The molecule has 1 fully saturated rings. The molecule has 1 aromatic carbocycles. The number of ether oxygens (including phenoxy) is 1. The molecule has 5 nitrogen and oxygen atoms in total. The topological polar surface area (TPSA) is 66.8 Å². The van der Waals surface area contributed by atoms with Gasteiger partial charge in [0.1, 0.15) is 13.2 Å². The summed E-state index contributed by atoms with van der Waals surface area (Å²) >= 11 is 0. The van der Waals surface area contributed by atoms with Crippen LogP contribution in [0.1, 0.15) is 37.7 Å². The van der Waals surface area contributed by atoms with E-state index in [9.17, 15) is 9.59 Å². The van der Waals surface area contributed by atoms with Crippen molar-refractivity contribution < 1.29 is 19.4 Å². The van der Waals surface area contributed by atoms with Crippen LogP contribution in [0.2, 0.25) is 0 Å². The van der Waals surface area contributed by atoms with E-state index in [2.05, 4.69) is 0 Å². The van der Waals surface area contributed by atoms with E-state index in [1.54, 1.807) is 0 Å². The van der Waals surface area contributed by atoms with Gasteiger partial charge in [-0.15, -0.1) is 0 Å². The fourth-order valence-electron chi connectivity index (χ4n) is 2.68. The Bertz CT molecular complexity index is 468. The molecule has 0 spiro atoms. The van der Waals surface area contributed by atoms with Gasteiger partial charge in [0.15, 0.2) is 0 Å². The number of aliphatic carboxylic acids is 1. The Morgan fingerprint density at radius 3 is 2.43 bits per heavy atom. The fourth-order valence-corrected chi connectivity index (χ4v) is 2.68. The molecule has 1 N–H and O–H groups in total. The predicted octanol–water partition coefficient (Wildman–Crippen LogP) is 3.04. The average Bonchev–Trinajstić information content (AvgIpc) is 2.52. The van der Waals surface area contributed by atoms with Crippen LogP contribution in [0.15, 0.2) is 30.3 Å². The van der Waals surface area contributed by atoms with E-state index in [4.69, 9.17) is 9.84 Å². The van der Waals surface area contributed by atoms with Crippen LogP contribution in [0, 0.1) is 0 Å². The Labute approximate surface area is 124 Å². The maximum atomic E-state index is 12.2. The number of amides is 1. The molecule has 0 heterocycles. The van der Waals surface area contributed by atoms with Crippen molar-refractivity contribution in [1.82, 2.24) is 4.90 Å². The van der Waals surface area contributed by atoms with Crippen LogP contribution in [0.3, 0.4) is 0 Å². The molecule has 114 valence electrons. The van der Waals surface area contributed by atoms with Crippen LogP contribution in [-0.2, 0) is 16.1 Å². The molecule has 21 heavy (non-hydrogen) atoms. The largest absolute Gasteiger partial charge is 0.480 e. The molecule has 1 saturated carbocycles. The van der Waals surface area contributed by atoms with Gasteiger partial charge in [0, 0.05) is 6.04 Å². The third kappa shape index (κ3) is 4.77. The van der Waals surface area contributed by atoms with Crippen molar-refractivity contribution >= 4 is 12.1 Å². The third-order valence-corrected chi connectivity index (χ3v) is 3.76. The average molecular weight is 291 g/mol. The second kappa shape index (κ2) is 7.67. The molecular weight excluding hydrogens is 270 g/mol. The van der Waals surface area contributed by atoms with E-state index in [0.717, 1.165) is 37.7 Å². The molecule has 0 aliphatic heterocycles. The monoisotopic (exact) mass is 291 g/mol. The smallest absolute Gasteiger partial charge is 0.410 e. The molecule has 0 saturated heterocycles. The van der Waals surface area contributed by atoms with Gasteiger partial charge in [0.05, 0.1) is 0 Å². The van der Waals surface area contributed by atoms with Crippen LogP contribution < -0.4 is 0 Å². The first kappa shape index (κ1) is 15.4. The van der Waals surface area contributed by atoms with Crippen molar-refractivity contribution in [3.63, 3.8) is 0 Å². The fraction of sp³-hybridized carbons (Fsp3) is 0.500. The van der Waals surface area contributed by atoms with Gasteiger partial charge in [-0.1, -0.05) is 49.6 Å². The van der Waals surface area contributed by atoms with Gasteiger partial charge in [0.25, 0.3) is 0 Å². The van der Waals surface area contributed by atoms with Crippen molar-refractivity contribution in [3.8, 4) is 0 Å². The number of nitrogens with zero attached hydrogens (tertiary/aromatic N) is 1. The second-order valence-corrected chi connectivity index (χ2v) is 5.35. The molecule has 0 aromatic heterocycles. The van der Waals surface area contributed by atoms with Crippen molar-refractivity contribution in [2.24, 2.45) is 0 Å². The van der Waals surface area contributed by atoms with E-state index >= 15 is 0 Å². The molecule has 1 aliphatic rings. The zero-order chi connectivity index (χ0) is 15.1. The minimum absolute atomic E-state index is 0.0156.